The number of unbranched alkanes of at least 4 members (excludes halogenated alkanes) is 17. The van der Waals surface area contributed by atoms with Gasteiger partial charge in [0.25, 0.3) is 0 Å². The van der Waals surface area contributed by atoms with E-state index in [-0.39, 0.29) is 12.1 Å². The molecule has 0 rings (SSSR count). The molecule has 0 bridgehead atoms. The fourth-order valence-corrected chi connectivity index (χ4v) is 4.46. The van der Waals surface area contributed by atoms with Crippen molar-refractivity contribution in [3.8, 4) is 0 Å². The van der Waals surface area contributed by atoms with Gasteiger partial charge < -0.3 is 9.84 Å². The second-order valence-corrected chi connectivity index (χ2v) is 10.3. The highest BCUT2D eigenvalue weighted by molar-refractivity contribution is 5.69. The molecule has 0 aromatic rings. The molecule has 0 radical (unpaired) electrons. The van der Waals surface area contributed by atoms with Gasteiger partial charge in [0.2, 0.25) is 0 Å². The van der Waals surface area contributed by atoms with Crippen molar-refractivity contribution in [1.82, 2.24) is 0 Å². The van der Waals surface area contributed by atoms with E-state index in [1.165, 1.54) is 89.9 Å². The van der Waals surface area contributed by atoms with Gasteiger partial charge >= 0.3 is 11.9 Å². The molecule has 0 fully saturated rings. The van der Waals surface area contributed by atoms with Crippen molar-refractivity contribution in [3.05, 3.63) is 12.2 Å². The van der Waals surface area contributed by atoms with Crippen molar-refractivity contribution in [1.29, 1.82) is 0 Å². The number of carbonyl (C=O) groups is 2. The third-order valence-corrected chi connectivity index (χ3v) is 6.81. The van der Waals surface area contributed by atoms with Crippen molar-refractivity contribution >= 4 is 11.9 Å². The maximum absolute atomic E-state index is 12.2. The third kappa shape index (κ3) is 27.1. The van der Waals surface area contributed by atoms with Crippen molar-refractivity contribution in [2.24, 2.45) is 0 Å². The van der Waals surface area contributed by atoms with E-state index in [9.17, 15) is 9.59 Å². The molecule has 0 amide bonds. The Morgan fingerprint density at radius 1 is 0.629 bits per heavy atom. The smallest absolute Gasteiger partial charge is 0.306 e. The first kappa shape index (κ1) is 33.7. The Morgan fingerprint density at radius 2 is 1.09 bits per heavy atom. The zero-order valence-corrected chi connectivity index (χ0v) is 23.4. The molecule has 4 nitrogen and oxygen atoms in total. The Balaban J connectivity index is 3.48. The van der Waals surface area contributed by atoms with Crippen LogP contribution in [0.1, 0.15) is 168 Å². The van der Waals surface area contributed by atoms with Crippen molar-refractivity contribution in [2.75, 3.05) is 0 Å². The summed E-state index contributed by atoms with van der Waals surface area (Å²) in [7, 11) is 0. The number of esters is 1. The minimum atomic E-state index is -0.686. The summed E-state index contributed by atoms with van der Waals surface area (Å²) in [6.07, 6.45) is 31.5. The third-order valence-electron chi connectivity index (χ3n) is 6.81. The fourth-order valence-electron chi connectivity index (χ4n) is 4.46. The quantitative estimate of drug-likeness (QED) is 0.0701. The molecule has 0 spiro atoms. The summed E-state index contributed by atoms with van der Waals surface area (Å²) in [5, 5.41) is 8.63. The molecule has 4 heteroatoms. The summed E-state index contributed by atoms with van der Waals surface area (Å²) in [5.74, 6) is -0.698. The number of carboxylic acids is 1. The predicted molar refractivity (Wildman–Crippen MR) is 149 cm³/mol. The minimum Gasteiger partial charge on any atom is -0.481 e. The molecule has 0 aromatic heterocycles. The number of carbonyl (C=O) groups excluding carboxylic acids is 1. The number of rotatable bonds is 27. The molecule has 206 valence electrons. The van der Waals surface area contributed by atoms with Crippen LogP contribution in [0.15, 0.2) is 12.2 Å². The molecule has 1 unspecified atom stereocenters. The van der Waals surface area contributed by atoms with Gasteiger partial charge in [-0.25, -0.2) is 0 Å². The summed E-state index contributed by atoms with van der Waals surface area (Å²) < 4.78 is 5.71. The van der Waals surface area contributed by atoms with Crippen LogP contribution < -0.4 is 0 Å². The van der Waals surface area contributed by atoms with E-state index in [1.807, 2.05) is 0 Å². The van der Waals surface area contributed by atoms with Crippen LogP contribution in [0.25, 0.3) is 0 Å². The zero-order chi connectivity index (χ0) is 25.8. The fraction of sp³-hybridized carbons (Fsp3) is 0.871. The van der Waals surface area contributed by atoms with Crippen molar-refractivity contribution in [3.63, 3.8) is 0 Å². The first-order valence-electron chi connectivity index (χ1n) is 15.2. The number of hydrogen-bond donors (Lipinski definition) is 1. The second-order valence-electron chi connectivity index (χ2n) is 10.3. The van der Waals surface area contributed by atoms with E-state index in [0.29, 0.717) is 12.8 Å². The van der Waals surface area contributed by atoms with E-state index in [2.05, 4.69) is 26.0 Å². The van der Waals surface area contributed by atoms with Gasteiger partial charge in [-0.2, -0.15) is 0 Å². The maximum Gasteiger partial charge on any atom is 0.306 e. The van der Waals surface area contributed by atoms with Gasteiger partial charge in [-0.1, -0.05) is 109 Å². The monoisotopic (exact) mass is 494 g/mol. The van der Waals surface area contributed by atoms with Gasteiger partial charge in [0.1, 0.15) is 6.10 Å². The highest BCUT2D eigenvalue weighted by atomic mass is 16.5. The van der Waals surface area contributed by atoms with Gasteiger partial charge in [0.15, 0.2) is 0 Å². The lowest BCUT2D eigenvalue weighted by molar-refractivity contribution is -0.149. The first-order valence-corrected chi connectivity index (χ1v) is 15.2. The SMILES string of the molecule is CCCCCC/C=C\CCCCCCCCC(=O)OC(CC)CCCCCCCCCCC(=O)O. The topological polar surface area (TPSA) is 63.6 Å². The normalized spacial score (nSPS) is 12.3. The summed E-state index contributed by atoms with van der Waals surface area (Å²) in [4.78, 5) is 22.6. The molecule has 0 aliphatic carbocycles. The predicted octanol–water partition coefficient (Wildman–Crippen LogP) is 9.94. The van der Waals surface area contributed by atoms with E-state index in [0.717, 1.165) is 51.4 Å². The van der Waals surface area contributed by atoms with E-state index in [1.54, 1.807) is 0 Å². The molecule has 0 aromatic carbocycles. The lowest BCUT2D eigenvalue weighted by Gasteiger charge is -2.16. The van der Waals surface area contributed by atoms with Crippen molar-refractivity contribution < 1.29 is 19.4 Å². The van der Waals surface area contributed by atoms with Gasteiger partial charge in [0.05, 0.1) is 0 Å². The second kappa shape index (κ2) is 27.3. The Hall–Kier alpha value is -1.32. The van der Waals surface area contributed by atoms with Crippen LogP contribution in [0.2, 0.25) is 0 Å². The lowest BCUT2D eigenvalue weighted by atomic mass is 10.0. The largest absolute Gasteiger partial charge is 0.481 e. The molecular formula is C31H58O4. The molecule has 1 atom stereocenters. The van der Waals surface area contributed by atoms with E-state index >= 15 is 0 Å². The highest BCUT2D eigenvalue weighted by Gasteiger charge is 2.12. The van der Waals surface area contributed by atoms with Crippen LogP contribution in [-0.2, 0) is 14.3 Å². The molecule has 35 heavy (non-hydrogen) atoms. The van der Waals surface area contributed by atoms with Crippen molar-refractivity contribution in [2.45, 2.75) is 174 Å². The van der Waals surface area contributed by atoms with Gasteiger partial charge in [-0.3, -0.25) is 9.59 Å². The first-order chi connectivity index (χ1) is 17.1. The molecule has 0 saturated heterocycles. The number of hydrogen-bond acceptors (Lipinski definition) is 3. The van der Waals surface area contributed by atoms with Crippen LogP contribution in [-0.4, -0.2) is 23.1 Å². The number of carboxylic acid groups (broad SMARTS) is 1. The molecule has 0 saturated carbocycles. The Morgan fingerprint density at radius 3 is 1.60 bits per heavy atom. The number of aliphatic carboxylic acids is 1. The summed E-state index contributed by atoms with van der Waals surface area (Å²) in [6.45, 7) is 4.37. The molecular weight excluding hydrogens is 436 g/mol. The molecule has 0 aliphatic rings. The van der Waals surface area contributed by atoms with Crippen LogP contribution in [0.4, 0.5) is 0 Å². The standard InChI is InChI=1S/C31H58O4/c1-3-5-6-7-8-9-10-11-12-13-14-19-22-25-28-31(34)35-29(4-2)26-23-20-17-15-16-18-21-24-27-30(32)33/h9-10,29H,3-8,11-28H2,1-2H3,(H,32,33)/b10-9-. The van der Waals surface area contributed by atoms with Crippen LogP contribution >= 0.6 is 0 Å². The Labute approximate surface area is 217 Å². The minimum absolute atomic E-state index is 0.0118. The molecule has 1 N–H and O–H groups in total. The number of ether oxygens (including phenoxy) is 1. The number of allylic oxidation sites excluding steroid dienone is 2. The Kier molecular flexibility index (Phi) is 26.2. The van der Waals surface area contributed by atoms with Gasteiger partial charge in [-0.05, 0) is 57.8 Å². The van der Waals surface area contributed by atoms with Gasteiger partial charge in [-0.15, -0.1) is 0 Å². The summed E-state index contributed by atoms with van der Waals surface area (Å²) in [6, 6.07) is 0. The maximum atomic E-state index is 12.2. The zero-order valence-electron chi connectivity index (χ0n) is 23.4. The average molecular weight is 495 g/mol. The van der Waals surface area contributed by atoms with Crippen LogP contribution in [0, 0.1) is 0 Å². The van der Waals surface area contributed by atoms with Crippen LogP contribution in [0.5, 0.6) is 0 Å². The molecule has 0 heterocycles. The van der Waals surface area contributed by atoms with Crippen LogP contribution in [0.3, 0.4) is 0 Å². The Bertz CT molecular complexity index is 500. The highest BCUT2D eigenvalue weighted by Crippen LogP contribution is 2.16. The van der Waals surface area contributed by atoms with E-state index in [4.69, 9.17) is 9.84 Å². The summed E-state index contributed by atoms with van der Waals surface area (Å²) in [5.41, 5.74) is 0. The summed E-state index contributed by atoms with van der Waals surface area (Å²) >= 11 is 0. The van der Waals surface area contributed by atoms with E-state index < -0.39 is 5.97 Å². The molecule has 0 aliphatic heterocycles. The lowest BCUT2D eigenvalue weighted by Crippen LogP contribution is -2.17. The average Bonchev–Trinajstić information content (AvgIpc) is 2.84. The van der Waals surface area contributed by atoms with Gasteiger partial charge in [0, 0.05) is 12.8 Å².